The molecule has 0 aliphatic heterocycles. The Morgan fingerprint density at radius 1 is 0.960 bits per heavy atom. The number of nitrogens with zero attached hydrogens (tertiary/aromatic N) is 4. The van der Waals surface area contributed by atoms with Crippen molar-refractivity contribution in [2.45, 2.75) is 38.8 Å². The summed E-state index contributed by atoms with van der Waals surface area (Å²) in [5.74, 6) is 1.03. The Morgan fingerprint density at radius 2 is 1.52 bits per heavy atom. The SMILES string of the molecule is Cc1cc(C)n(C(c2ccccc2SCCBr)n2nc(C)cc2C)n1. The quantitative estimate of drug-likeness (QED) is 0.421. The van der Waals surface area contributed by atoms with E-state index in [1.807, 2.05) is 25.6 Å². The standard InChI is InChI=1S/C19H23BrN4S/c1-13-11-15(3)23(21-13)19(24-16(4)12-14(2)22-24)17-7-5-6-8-18(17)25-10-9-20/h5-8,11-12,19H,9-10H2,1-4H3. The van der Waals surface area contributed by atoms with Crippen LogP contribution in [-0.4, -0.2) is 30.6 Å². The van der Waals surface area contributed by atoms with Crippen LogP contribution < -0.4 is 0 Å². The third kappa shape index (κ3) is 3.85. The van der Waals surface area contributed by atoms with Gasteiger partial charge in [0, 0.05) is 32.9 Å². The first-order valence-corrected chi connectivity index (χ1v) is 10.4. The number of hydrogen-bond donors (Lipinski definition) is 0. The molecule has 4 nitrogen and oxygen atoms in total. The lowest BCUT2D eigenvalue weighted by molar-refractivity contribution is 0.396. The Hall–Kier alpha value is -1.53. The lowest BCUT2D eigenvalue weighted by atomic mass is 10.1. The van der Waals surface area contributed by atoms with E-state index in [9.17, 15) is 0 Å². The molecule has 0 saturated carbocycles. The summed E-state index contributed by atoms with van der Waals surface area (Å²) < 4.78 is 4.17. The maximum absolute atomic E-state index is 4.77. The van der Waals surface area contributed by atoms with Crippen LogP contribution in [0.1, 0.15) is 34.5 Å². The first-order valence-electron chi connectivity index (χ1n) is 8.34. The van der Waals surface area contributed by atoms with E-state index in [0.29, 0.717) is 0 Å². The Bertz CT molecular complexity index is 822. The van der Waals surface area contributed by atoms with Crippen LogP contribution >= 0.6 is 27.7 Å². The summed E-state index contributed by atoms with van der Waals surface area (Å²) in [4.78, 5) is 1.27. The molecule has 3 aromatic rings. The van der Waals surface area contributed by atoms with Crippen LogP contribution in [0.15, 0.2) is 41.3 Å². The zero-order chi connectivity index (χ0) is 18.0. The monoisotopic (exact) mass is 418 g/mol. The van der Waals surface area contributed by atoms with Gasteiger partial charge >= 0.3 is 0 Å². The van der Waals surface area contributed by atoms with Crippen molar-refractivity contribution in [2.75, 3.05) is 11.1 Å². The first-order chi connectivity index (χ1) is 12.0. The molecule has 25 heavy (non-hydrogen) atoms. The second kappa shape index (κ2) is 7.79. The van der Waals surface area contributed by atoms with Gasteiger partial charge in [-0.1, -0.05) is 34.1 Å². The summed E-state index contributed by atoms with van der Waals surface area (Å²) in [7, 11) is 0. The third-order valence-electron chi connectivity index (χ3n) is 4.08. The minimum atomic E-state index is -0.0820. The van der Waals surface area contributed by atoms with Crippen molar-refractivity contribution >= 4 is 27.7 Å². The molecule has 1 aromatic carbocycles. The van der Waals surface area contributed by atoms with Gasteiger partial charge in [-0.05, 0) is 45.9 Å². The molecule has 0 unspecified atom stereocenters. The van der Waals surface area contributed by atoms with Crippen LogP contribution in [0, 0.1) is 27.7 Å². The van der Waals surface area contributed by atoms with Gasteiger partial charge in [0.1, 0.15) is 0 Å². The highest BCUT2D eigenvalue weighted by Gasteiger charge is 2.24. The van der Waals surface area contributed by atoms with Gasteiger partial charge in [-0.15, -0.1) is 11.8 Å². The Labute approximate surface area is 161 Å². The van der Waals surface area contributed by atoms with Crippen LogP contribution in [-0.2, 0) is 0 Å². The predicted molar refractivity (Wildman–Crippen MR) is 108 cm³/mol. The molecule has 2 aromatic heterocycles. The molecular formula is C19H23BrN4S. The van der Waals surface area contributed by atoms with Crippen molar-refractivity contribution in [2.24, 2.45) is 0 Å². The van der Waals surface area contributed by atoms with Crippen molar-refractivity contribution in [3.05, 3.63) is 64.7 Å². The lowest BCUT2D eigenvalue weighted by Crippen LogP contribution is -2.24. The van der Waals surface area contributed by atoms with Gasteiger partial charge in [0.15, 0.2) is 6.17 Å². The zero-order valence-corrected chi connectivity index (χ0v) is 17.4. The average Bonchev–Trinajstić information content (AvgIpc) is 3.08. The number of aromatic nitrogens is 4. The molecule has 0 bridgehead atoms. The van der Waals surface area contributed by atoms with Crippen molar-refractivity contribution in [1.82, 2.24) is 19.6 Å². The fourth-order valence-corrected chi connectivity index (χ4v) is 4.43. The smallest absolute Gasteiger partial charge is 0.170 e. The van der Waals surface area contributed by atoms with E-state index in [2.05, 4.69) is 75.5 Å². The highest BCUT2D eigenvalue weighted by molar-refractivity contribution is 9.09. The minimum Gasteiger partial charge on any atom is -0.240 e. The highest BCUT2D eigenvalue weighted by atomic mass is 79.9. The molecule has 6 heteroatoms. The van der Waals surface area contributed by atoms with E-state index in [1.54, 1.807) is 0 Å². The van der Waals surface area contributed by atoms with E-state index >= 15 is 0 Å². The second-order valence-corrected chi connectivity index (χ2v) is 8.12. The Kier molecular flexibility index (Phi) is 5.69. The van der Waals surface area contributed by atoms with Crippen molar-refractivity contribution in [3.63, 3.8) is 0 Å². The number of thioether (sulfide) groups is 1. The summed E-state index contributed by atoms with van der Waals surface area (Å²) in [6.07, 6.45) is -0.0820. The van der Waals surface area contributed by atoms with Gasteiger partial charge in [0.25, 0.3) is 0 Å². The van der Waals surface area contributed by atoms with Crippen LogP contribution in [0.3, 0.4) is 0 Å². The maximum Gasteiger partial charge on any atom is 0.170 e. The zero-order valence-electron chi connectivity index (χ0n) is 15.0. The highest BCUT2D eigenvalue weighted by Crippen LogP contribution is 2.32. The summed E-state index contributed by atoms with van der Waals surface area (Å²) in [5.41, 5.74) is 5.54. The largest absolute Gasteiger partial charge is 0.240 e. The van der Waals surface area contributed by atoms with Gasteiger partial charge in [-0.3, -0.25) is 0 Å². The minimum absolute atomic E-state index is 0.0820. The predicted octanol–water partition coefficient (Wildman–Crippen LogP) is 4.90. The fourth-order valence-electron chi connectivity index (χ4n) is 3.13. The van der Waals surface area contributed by atoms with E-state index in [1.165, 1.54) is 10.5 Å². The molecule has 0 aliphatic carbocycles. The molecule has 0 saturated heterocycles. The van der Waals surface area contributed by atoms with E-state index in [4.69, 9.17) is 10.2 Å². The Morgan fingerprint density at radius 3 is 2.00 bits per heavy atom. The summed E-state index contributed by atoms with van der Waals surface area (Å²) in [6.45, 7) is 8.28. The number of aryl methyl sites for hydroxylation is 4. The van der Waals surface area contributed by atoms with Crippen molar-refractivity contribution < 1.29 is 0 Å². The number of rotatable bonds is 6. The molecule has 2 heterocycles. The summed E-state index contributed by atoms with van der Waals surface area (Å²) >= 11 is 5.39. The van der Waals surface area contributed by atoms with E-state index in [0.717, 1.165) is 33.9 Å². The number of halogens is 1. The van der Waals surface area contributed by atoms with Gasteiger partial charge in [-0.2, -0.15) is 10.2 Å². The number of hydrogen-bond acceptors (Lipinski definition) is 3. The topological polar surface area (TPSA) is 35.6 Å². The molecule has 0 N–H and O–H groups in total. The third-order valence-corrected chi connectivity index (χ3v) is 6.10. The van der Waals surface area contributed by atoms with Crippen LogP contribution in [0.5, 0.6) is 0 Å². The molecule has 132 valence electrons. The van der Waals surface area contributed by atoms with Gasteiger partial charge in [0.05, 0.1) is 11.4 Å². The molecule has 0 fully saturated rings. The molecule has 0 amide bonds. The molecule has 0 aliphatic rings. The number of benzene rings is 1. The first kappa shape index (κ1) is 18.3. The van der Waals surface area contributed by atoms with Crippen LogP contribution in [0.2, 0.25) is 0 Å². The number of alkyl halides is 1. The summed E-state index contributed by atoms with van der Waals surface area (Å²) in [5, 5.41) is 10.5. The van der Waals surface area contributed by atoms with E-state index in [-0.39, 0.29) is 6.17 Å². The van der Waals surface area contributed by atoms with Crippen LogP contribution in [0.4, 0.5) is 0 Å². The second-order valence-electron chi connectivity index (χ2n) is 6.19. The van der Waals surface area contributed by atoms with Crippen LogP contribution in [0.25, 0.3) is 0 Å². The molecule has 0 radical (unpaired) electrons. The fraction of sp³-hybridized carbons (Fsp3) is 0.368. The molecule has 0 atom stereocenters. The van der Waals surface area contributed by atoms with Crippen molar-refractivity contribution in [3.8, 4) is 0 Å². The molecule has 0 spiro atoms. The molecular weight excluding hydrogens is 396 g/mol. The normalized spacial score (nSPS) is 11.4. The van der Waals surface area contributed by atoms with Gasteiger partial charge in [-0.25, -0.2) is 9.36 Å². The Balaban J connectivity index is 2.19. The van der Waals surface area contributed by atoms with E-state index < -0.39 is 0 Å². The van der Waals surface area contributed by atoms with Gasteiger partial charge in [0.2, 0.25) is 0 Å². The molecule has 3 rings (SSSR count). The van der Waals surface area contributed by atoms with Crippen molar-refractivity contribution in [1.29, 1.82) is 0 Å². The lowest BCUT2D eigenvalue weighted by Gasteiger charge is -2.24. The average molecular weight is 419 g/mol. The van der Waals surface area contributed by atoms with Gasteiger partial charge < -0.3 is 0 Å². The maximum atomic E-state index is 4.77. The summed E-state index contributed by atoms with van der Waals surface area (Å²) in [6, 6.07) is 12.8.